The van der Waals surface area contributed by atoms with Crippen LogP contribution >= 0.6 is 0 Å². The van der Waals surface area contributed by atoms with E-state index < -0.39 is 16.8 Å². The highest BCUT2D eigenvalue weighted by Crippen LogP contribution is 2.10. The molecule has 1 rings (SSSR count). The van der Waals surface area contributed by atoms with Gasteiger partial charge < -0.3 is 14.4 Å². The Morgan fingerprint density at radius 2 is 2.18 bits per heavy atom. The van der Waals surface area contributed by atoms with Crippen molar-refractivity contribution in [2.24, 2.45) is 0 Å². The molecule has 1 N–H and O–H groups in total. The van der Waals surface area contributed by atoms with Crippen molar-refractivity contribution < 1.29 is 18.5 Å². The lowest BCUT2D eigenvalue weighted by Gasteiger charge is -2.08. The normalized spacial score (nSPS) is 12.9. The zero-order chi connectivity index (χ0) is 12.8. The summed E-state index contributed by atoms with van der Waals surface area (Å²) in [6, 6.07) is 2.95. The maximum Gasteiger partial charge on any atom is 0.371 e. The van der Waals surface area contributed by atoms with E-state index in [1.54, 1.807) is 6.07 Å². The number of aromatic carboxylic acids is 1. The minimum Gasteiger partial charge on any atom is -0.475 e. The molecule has 1 unspecified atom stereocenters. The summed E-state index contributed by atoms with van der Waals surface area (Å²) < 4.78 is 16.7. The average molecular weight is 259 g/mol. The molecule has 1 aromatic heterocycles. The summed E-state index contributed by atoms with van der Waals surface area (Å²) in [6.07, 6.45) is 0.853. The van der Waals surface area contributed by atoms with Crippen molar-refractivity contribution in [2.45, 2.75) is 12.2 Å². The van der Waals surface area contributed by atoms with Gasteiger partial charge in [0.05, 0.1) is 5.75 Å². The number of rotatable bonds is 7. The minimum atomic E-state index is -1.10. The molecule has 0 spiro atoms. The third-order valence-electron chi connectivity index (χ3n) is 2.15. The fourth-order valence-corrected chi connectivity index (χ4v) is 2.41. The lowest BCUT2D eigenvalue weighted by Crippen LogP contribution is -2.15. The highest BCUT2D eigenvalue weighted by atomic mass is 32.2. The zero-order valence-electron chi connectivity index (χ0n) is 10.0. The SMILES string of the molecule is CN(C)CCCS(=O)Cc1ccc(C(=O)O)o1. The molecular formula is C11H17NO4S. The fraction of sp³-hybridized carbons (Fsp3) is 0.545. The number of carbonyl (C=O) groups is 1. The van der Waals surface area contributed by atoms with E-state index in [-0.39, 0.29) is 11.5 Å². The molecule has 96 valence electrons. The second-order valence-electron chi connectivity index (χ2n) is 4.02. The van der Waals surface area contributed by atoms with E-state index in [1.807, 2.05) is 19.0 Å². The van der Waals surface area contributed by atoms with Gasteiger partial charge in [-0.25, -0.2) is 4.79 Å². The van der Waals surface area contributed by atoms with Gasteiger partial charge >= 0.3 is 5.97 Å². The van der Waals surface area contributed by atoms with Crippen LogP contribution in [0.25, 0.3) is 0 Å². The molecule has 17 heavy (non-hydrogen) atoms. The summed E-state index contributed by atoms with van der Waals surface area (Å²) in [4.78, 5) is 12.6. The van der Waals surface area contributed by atoms with Gasteiger partial charge in [0.1, 0.15) is 5.76 Å². The Morgan fingerprint density at radius 1 is 1.47 bits per heavy atom. The highest BCUT2D eigenvalue weighted by molar-refractivity contribution is 7.84. The van der Waals surface area contributed by atoms with Gasteiger partial charge in [0.2, 0.25) is 5.76 Å². The highest BCUT2D eigenvalue weighted by Gasteiger charge is 2.11. The second-order valence-corrected chi connectivity index (χ2v) is 5.59. The topological polar surface area (TPSA) is 70.8 Å². The van der Waals surface area contributed by atoms with Gasteiger partial charge in [0.15, 0.2) is 0 Å². The number of furan rings is 1. The fourth-order valence-electron chi connectivity index (χ4n) is 1.34. The lowest BCUT2D eigenvalue weighted by atomic mass is 10.4. The first-order valence-electron chi connectivity index (χ1n) is 5.30. The van der Waals surface area contributed by atoms with Crippen LogP contribution in [0.15, 0.2) is 16.5 Å². The third-order valence-corrected chi connectivity index (χ3v) is 3.50. The maximum absolute atomic E-state index is 11.7. The molecule has 6 heteroatoms. The van der Waals surface area contributed by atoms with Crippen molar-refractivity contribution in [3.8, 4) is 0 Å². The largest absolute Gasteiger partial charge is 0.475 e. The Labute approximate surface area is 103 Å². The van der Waals surface area contributed by atoms with Crippen molar-refractivity contribution in [1.82, 2.24) is 4.90 Å². The van der Waals surface area contributed by atoms with Crippen LogP contribution in [0, 0.1) is 0 Å². The van der Waals surface area contributed by atoms with Crippen LogP contribution in [0.2, 0.25) is 0 Å². The van der Waals surface area contributed by atoms with Crippen molar-refractivity contribution >= 4 is 16.8 Å². The molecule has 0 amide bonds. The van der Waals surface area contributed by atoms with Gasteiger partial charge in [0.25, 0.3) is 0 Å². The number of carboxylic acid groups (broad SMARTS) is 1. The predicted octanol–water partition coefficient (Wildman–Crippen LogP) is 1.18. The number of hydrogen-bond acceptors (Lipinski definition) is 4. The molecule has 1 heterocycles. The Morgan fingerprint density at radius 3 is 2.71 bits per heavy atom. The predicted molar refractivity (Wildman–Crippen MR) is 65.6 cm³/mol. The molecule has 5 nitrogen and oxygen atoms in total. The van der Waals surface area contributed by atoms with Crippen LogP contribution in [0.4, 0.5) is 0 Å². The van der Waals surface area contributed by atoms with Crippen molar-refractivity contribution in [3.05, 3.63) is 23.7 Å². The molecule has 0 saturated carbocycles. The van der Waals surface area contributed by atoms with E-state index in [9.17, 15) is 9.00 Å². The molecule has 1 atom stereocenters. The third kappa shape index (κ3) is 5.14. The molecule has 0 fully saturated rings. The first kappa shape index (κ1) is 13.9. The first-order chi connectivity index (χ1) is 7.99. The van der Waals surface area contributed by atoms with Crippen molar-refractivity contribution in [1.29, 1.82) is 0 Å². The van der Waals surface area contributed by atoms with Gasteiger partial charge in [0, 0.05) is 16.6 Å². The second kappa shape index (κ2) is 6.56. The molecule has 0 aliphatic rings. The number of nitrogens with zero attached hydrogens (tertiary/aromatic N) is 1. The lowest BCUT2D eigenvalue weighted by molar-refractivity contribution is 0.0661. The Balaban J connectivity index is 2.37. The Bertz CT molecular complexity index is 400. The smallest absolute Gasteiger partial charge is 0.371 e. The van der Waals surface area contributed by atoms with Gasteiger partial charge in [-0.1, -0.05) is 0 Å². The van der Waals surface area contributed by atoms with E-state index in [0.29, 0.717) is 11.5 Å². The van der Waals surface area contributed by atoms with E-state index >= 15 is 0 Å². The van der Waals surface area contributed by atoms with Crippen LogP contribution < -0.4 is 0 Å². The molecule has 0 saturated heterocycles. The molecule has 0 aromatic carbocycles. The quantitative estimate of drug-likeness (QED) is 0.796. The van der Waals surface area contributed by atoms with Crippen LogP contribution in [0.1, 0.15) is 22.7 Å². The average Bonchev–Trinajstić information content (AvgIpc) is 2.65. The van der Waals surface area contributed by atoms with Gasteiger partial charge in [-0.3, -0.25) is 4.21 Å². The number of hydrogen-bond donors (Lipinski definition) is 1. The summed E-state index contributed by atoms with van der Waals surface area (Å²) in [5.74, 6) is 0.132. The molecule has 0 aliphatic heterocycles. The van der Waals surface area contributed by atoms with Crippen molar-refractivity contribution in [3.63, 3.8) is 0 Å². The summed E-state index contributed by atoms with van der Waals surface area (Å²) >= 11 is 0. The molecular weight excluding hydrogens is 242 g/mol. The Kier molecular flexibility index (Phi) is 5.37. The number of carboxylic acids is 1. The summed E-state index contributed by atoms with van der Waals surface area (Å²) in [5.41, 5.74) is 0. The molecule has 0 bridgehead atoms. The maximum atomic E-state index is 11.7. The van der Waals surface area contributed by atoms with Crippen LogP contribution in [0.5, 0.6) is 0 Å². The first-order valence-corrected chi connectivity index (χ1v) is 6.79. The van der Waals surface area contributed by atoms with Gasteiger partial charge in [-0.15, -0.1) is 0 Å². The summed E-state index contributed by atoms with van der Waals surface area (Å²) in [7, 11) is 2.93. The zero-order valence-corrected chi connectivity index (χ0v) is 10.8. The van der Waals surface area contributed by atoms with E-state index in [4.69, 9.17) is 9.52 Å². The van der Waals surface area contributed by atoms with Gasteiger partial charge in [-0.05, 0) is 39.2 Å². The van der Waals surface area contributed by atoms with E-state index in [1.165, 1.54) is 6.07 Å². The summed E-state index contributed by atoms with van der Waals surface area (Å²) in [6.45, 7) is 0.893. The van der Waals surface area contributed by atoms with E-state index in [0.717, 1.165) is 13.0 Å². The van der Waals surface area contributed by atoms with Crippen LogP contribution in [0.3, 0.4) is 0 Å². The van der Waals surface area contributed by atoms with Crippen LogP contribution in [-0.2, 0) is 16.6 Å². The van der Waals surface area contributed by atoms with Crippen molar-refractivity contribution in [2.75, 3.05) is 26.4 Å². The van der Waals surface area contributed by atoms with Crippen LogP contribution in [-0.4, -0.2) is 46.6 Å². The van der Waals surface area contributed by atoms with Gasteiger partial charge in [-0.2, -0.15) is 0 Å². The standard InChI is InChI=1S/C11H17NO4S/c1-12(2)6-3-7-17(15)8-9-4-5-10(16-9)11(13)14/h4-5H,3,6-8H2,1-2H3,(H,13,14). The summed E-state index contributed by atoms with van der Waals surface area (Å²) in [5, 5.41) is 8.66. The minimum absolute atomic E-state index is 0.106. The Hall–Kier alpha value is -1.14. The van der Waals surface area contributed by atoms with E-state index in [2.05, 4.69) is 0 Å². The molecule has 0 radical (unpaired) electrons. The molecule has 1 aromatic rings. The molecule has 0 aliphatic carbocycles. The monoisotopic (exact) mass is 259 g/mol.